The summed E-state index contributed by atoms with van der Waals surface area (Å²) < 4.78 is 6.50. The van der Waals surface area contributed by atoms with Crippen LogP contribution in [0.5, 0.6) is 0 Å². The van der Waals surface area contributed by atoms with Crippen molar-refractivity contribution in [1.29, 1.82) is 0 Å². The fourth-order valence-electron chi connectivity index (χ4n) is 3.42. The lowest BCUT2D eigenvalue weighted by molar-refractivity contribution is 0.0588. The number of Topliss-reactive ketones (excluding diaryl/α,β-unsaturated/α-hetero) is 1. The van der Waals surface area contributed by atoms with Crippen molar-refractivity contribution >= 4 is 17.7 Å². The van der Waals surface area contributed by atoms with Crippen LogP contribution in [-0.4, -0.2) is 46.8 Å². The normalized spacial score (nSPS) is 11.8. The molecule has 1 unspecified atom stereocenters. The van der Waals surface area contributed by atoms with E-state index in [0.29, 0.717) is 34.6 Å². The molecule has 0 radical (unpaired) electrons. The third-order valence-corrected chi connectivity index (χ3v) is 5.02. The van der Waals surface area contributed by atoms with Gasteiger partial charge in [0.2, 0.25) is 0 Å². The summed E-state index contributed by atoms with van der Waals surface area (Å²) in [4.78, 5) is 39.7. The molecule has 0 spiro atoms. The second kappa shape index (κ2) is 8.20. The maximum atomic E-state index is 13.2. The van der Waals surface area contributed by atoms with Gasteiger partial charge in [-0.15, -0.1) is 0 Å². The molecule has 1 heterocycles. The zero-order valence-electron chi connectivity index (χ0n) is 16.7. The molecule has 1 atom stereocenters. The average molecular weight is 370 g/mol. The Hall–Kier alpha value is -2.89. The molecule has 0 bridgehead atoms. The number of hydrogen-bond donors (Lipinski definition) is 0. The summed E-state index contributed by atoms with van der Waals surface area (Å²) in [5.41, 5.74) is 2.60. The molecule has 0 saturated carbocycles. The molecule has 6 nitrogen and oxygen atoms in total. The van der Waals surface area contributed by atoms with Crippen LogP contribution in [0.15, 0.2) is 30.3 Å². The summed E-state index contributed by atoms with van der Waals surface area (Å²) in [5.74, 6) is -0.877. The number of methoxy groups -OCH3 is 1. The van der Waals surface area contributed by atoms with Gasteiger partial charge in [0, 0.05) is 30.4 Å². The summed E-state index contributed by atoms with van der Waals surface area (Å²) in [7, 11) is 3.04. The van der Waals surface area contributed by atoms with Crippen molar-refractivity contribution in [3.63, 3.8) is 0 Å². The van der Waals surface area contributed by atoms with Crippen molar-refractivity contribution in [3.8, 4) is 0 Å². The predicted octanol–water partition coefficient (Wildman–Crippen LogP) is 3.16. The van der Waals surface area contributed by atoms with Crippen LogP contribution in [0.1, 0.15) is 56.3 Å². The first kappa shape index (κ1) is 20.4. The minimum Gasteiger partial charge on any atom is -0.464 e. The van der Waals surface area contributed by atoms with E-state index >= 15 is 0 Å². The van der Waals surface area contributed by atoms with Crippen LogP contribution >= 0.6 is 0 Å². The van der Waals surface area contributed by atoms with Crippen molar-refractivity contribution in [1.82, 2.24) is 9.47 Å². The Morgan fingerprint density at radius 2 is 1.74 bits per heavy atom. The zero-order chi connectivity index (χ0) is 20.3. The Morgan fingerprint density at radius 1 is 1.15 bits per heavy atom. The Labute approximate surface area is 159 Å². The highest BCUT2D eigenvalue weighted by Gasteiger charge is 2.32. The number of rotatable bonds is 6. The lowest BCUT2D eigenvalue weighted by atomic mass is 9.99. The number of esters is 1. The van der Waals surface area contributed by atoms with Crippen molar-refractivity contribution < 1.29 is 19.1 Å². The first-order valence-electron chi connectivity index (χ1n) is 8.90. The van der Waals surface area contributed by atoms with Crippen molar-refractivity contribution in [2.24, 2.45) is 7.05 Å². The summed E-state index contributed by atoms with van der Waals surface area (Å²) in [6, 6.07) is 8.23. The summed E-state index contributed by atoms with van der Waals surface area (Å²) in [6.45, 7) is 7.48. The predicted molar refractivity (Wildman–Crippen MR) is 103 cm³/mol. The van der Waals surface area contributed by atoms with E-state index in [1.54, 1.807) is 61.6 Å². The minimum atomic E-state index is -0.659. The molecule has 2 aromatic rings. The highest BCUT2D eigenvalue weighted by Crippen LogP contribution is 2.25. The molecular formula is C21H26N2O4. The van der Waals surface area contributed by atoms with Gasteiger partial charge in [0.1, 0.15) is 5.69 Å². The molecule has 1 amide bonds. The smallest absolute Gasteiger partial charge is 0.354 e. The highest BCUT2D eigenvalue weighted by atomic mass is 16.5. The lowest BCUT2D eigenvalue weighted by Crippen LogP contribution is -2.43. The van der Waals surface area contributed by atoms with Gasteiger partial charge in [-0.1, -0.05) is 18.2 Å². The average Bonchev–Trinajstić information content (AvgIpc) is 2.90. The standard InChI is InChI=1S/C21H26N2O4/c1-7-23(20(25)16-11-9-8-10-12-16)15(4)19(24)17-13(2)18(21(26)27-6)22(5)14(17)3/h8-12,15H,7H2,1-6H3. The fraction of sp³-hybridized carbons (Fsp3) is 0.381. The molecular weight excluding hydrogens is 344 g/mol. The Balaban J connectivity index is 2.42. The zero-order valence-corrected chi connectivity index (χ0v) is 16.7. The van der Waals surface area contributed by atoms with Crippen LogP contribution in [-0.2, 0) is 11.8 Å². The number of carbonyl (C=O) groups excluding carboxylic acids is 3. The number of likely N-dealkylation sites (N-methyl/N-ethyl adjacent to an activating group) is 1. The Morgan fingerprint density at radius 3 is 2.26 bits per heavy atom. The summed E-state index contributed by atoms with van der Waals surface area (Å²) in [6.07, 6.45) is 0. The molecule has 0 N–H and O–H groups in total. The van der Waals surface area contributed by atoms with E-state index in [1.165, 1.54) is 7.11 Å². The largest absolute Gasteiger partial charge is 0.464 e. The van der Waals surface area contributed by atoms with Crippen molar-refractivity contribution in [2.75, 3.05) is 13.7 Å². The molecule has 0 aliphatic heterocycles. The first-order chi connectivity index (χ1) is 12.8. The van der Waals surface area contributed by atoms with E-state index in [9.17, 15) is 14.4 Å². The van der Waals surface area contributed by atoms with Crippen LogP contribution in [0.25, 0.3) is 0 Å². The van der Waals surface area contributed by atoms with Gasteiger partial charge in [-0.2, -0.15) is 0 Å². The van der Waals surface area contributed by atoms with Crippen LogP contribution in [0, 0.1) is 13.8 Å². The third kappa shape index (κ3) is 3.65. The second-order valence-electron chi connectivity index (χ2n) is 6.48. The summed E-state index contributed by atoms with van der Waals surface area (Å²) >= 11 is 0. The quantitative estimate of drug-likeness (QED) is 0.579. The monoisotopic (exact) mass is 370 g/mol. The SMILES string of the molecule is CCN(C(=O)c1ccccc1)C(C)C(=O)c1c(C)c(C(=O)OC)n(C)c1C. The number of amides is 1. The maximum absolute atomic E-state index is 13.2. The van der Waals surface area contributed by atoms with Gasteiger partial charge in [0.15, 0.2) is 5.78 Å². The van der Waals surface area contributed by atoms with Crippen LogP contribution < -0.4 is 0 Å². The van der Waals surface area contributed by atoms with Gasteiger partial charge < -0.3 is 14.2 Å². The molecule has 2 rings (SSSR count). The topological polar surface area (TPSA) is 68.6 Å². The number of ether oxygens (including phenoxy) is 1. The molecule has 0 aliphatic carbocycles. The lowest BCUT2D eigenvalue weighted by Gasteiger charge is -2.27. The Bertz CT molecular complexity index is 868. The number of aromatic nitrogens is 1. The maximum Gasteiger partial charge on any atom is 0.354 e. The molecule has 0 saturated heterocycles. The minimum absolute atomic E-state index is 0.193. The first-order valence-corrected chi connectivity index (χ1v) is 8.90. The summed E-state index contributed by atoms with van der Waals surface area (Å²) in [5, 5.41) is 0. The van der Waals surface area contributed by atoms with Crippen LogP contribution in [0.2, 0.25) is 0 Å². The number of benzene rings is 1. The number of hydrogen-bond acceptors (Lipinski definition) is 4. The van der Waals surface area contributed by atoms with E-state index in [4.69, 9.17) is 4.74 Å². The number of nitrogens with zero attached hydrogens (tertiary/aromatic N) is 2. The van der Waals surface area contributed by atoms with Gasteiger partial charge in [-0.05, 0) is 45.4 Å². The molecule has 1 aromatic heterocycles. The number of carbonyl (C=O) groups is 3. The van der Waals surface area contributed by atoms with Gasteiger partial charge in [0.25, 0.3) is 5.91 Å². The van der Waals surface area contributed by atoms with E-state index in [2.05, 4.69) is 0 Å². The molecule has 27 heavy (non-hydrogen) atoms. The van der Waals surface area contributed by atoms with Crippen LogP contribution in [0.3, 0.4) is 0 Å². The van der Waals surface area contributed by atoms with Crippen molar-refractivity contribution in [2.45, 2.75) is 33.7 Å². The molecule has 0 aliphatic rings. The van der Waals surface area contributed by atoms with E-state index in [0.717, 1.165) is 0 Å². The third-order valence-electron chi connectivity index (χ3n) is 5.02. The highest BCUT2D eigenvalue weighted by molar-refractivity contribution is 6.07. The number of ketones is 1. The van der Waals surface area contributed by atoms with Gasteiger partial charge in [-0.3, -0.25) is 9.59 Å². The fourth-order valence-corrected chi connectivity index (χ4v) is 3.42. The van der Waals surface area contributed by atoms with Gasteiger partial charge in [0.05, 0.1) is 13.2 Å². The Kier molecular flexibility index (Phi) is 6.20. The molecule has 144 valence electrons. The van der Waals surface area contributed by atoms with Gasteiger partial charge in [-0.25, -0.2) is 4.79 Å². The van der Waals surface area contributed by atoms with E-state index < -0.39 is 12.0 Å². The molecule has 1 aromatic carbocycles. The van der Waals surface area contributed by atoms with Gasteiger partial charge >= 0.3 is 5.97 Å². The van der Waals surface area contributed by atoms with E-state index in [1.807, 2.05) is 13.0 Å². The van der Waals surface area contributed by atoms with Crippen LogP contribution in [0.4, 0.5) is 0 Å². The second-order valence-corrected chi connectivity index (χ2v) is 6.48. The molecule has 0 fully saturated rings. The molecule has 6 heteroatoms. The van der Waals surface area contributed by atoms with Crippen molar-refractivity contribution in [3.05, 3.63) is 58.4 Å². The van der Waals surface area contributed by atoms with E-state index in [-0.39, 0.29) is 11.7 Å².